The number of aryl methyl sites for hydroxylation is 1. The molecule has 1 saturated heterocycles. The van der Waals surface area contributed by atoms with E-state index in [0.717, 1.165) is 24.1 Å². The van der Waals surface area contributed by atoms with Crippen molar-refractivity contribution in [2.24, 2.45) is 11.8 Å². The Kier molecular flexibility index (Phi) is 2.52. The Morgan fingerprint density at radius 1 is 1.31 bits per heavy atom. The second-order valence-electron chi connectivity index (χ2n) is 5.00. The maximum atomic E-state index is 4.38. The Hall–Kier alpha value is -1.15. The van der Waals surface area contributed by atoms with Crippen LogP contribution in [0.25, 0.3) is 5.57 Å². The van der Waals surface area contributed by atoms with Crippen molar-refractivity contribution in [3.05, 3.63) is 35.7 Å². The molecule has 0 amide bonds. The zero-order valence-electron chi connectivity index (χ0n) is 9.74. The van der Waals surface area contributed by atoms with Gasteiger partial charge in [-0.05, 0) is 55.3 Å². The van der Waals surface area contributed by atoms with Gasteiger partial charge in [-0.1, -0.05) is 12.1 Å². The molecule has 0 radical (unpaired) electrons. The number of hydrogen-bond acceptors (Lipinski definition) is 2. The highest BCUT2D eigenvalue weighted by molar-refractivity contribution is 5.66. The van der Waals surface area contributed by atoms with E-state index in [1.54, 1.807) is 0 Å². The minimum Gasteiger partial charge on any atom is -0.316 e. The number of nitrogens with zero attached hydrogens (tertiary/aromatic N) is 1. The fourth-order valence-corrected chi connectivity index (χ4v) is 2.85. The van der Waals surface area contributed by atoms with Crippen molar-refractivity contribution >= 4 is 5.57 Å². The van der Waals surface area contributed by atoms with Crippen LogP contribution in [0.15, 0.2) is 24.4 Å². The summed E-state index contributed by atoms with van der Waals surface area (Å²) in [5.41, 5.74) is 3.91. The summed E-state index contributed by atoms with van der Waals surface area (Å²) in [6, 6.07) is 4.31. The summed E-state index contributed by atoms with van der Waals surface area (Å²) < 4.78 is 0. The largest absolute Gasteiger partial charge is 0.316 e. The molecule has 2 heterocycles. The van der Waals surface area contributed by atoms with E-state index in [9.17, 15) is 0 Å². The van der Waals surface area contributed by atoms with Gasteiger partial charge in [0.15, 0.2) is 0 Å². The molecule has 0 bridgehead atoms. The summed E-state index contributed by atoms with van der Waals surface area (Å²) >= 11 is 0. The van der Waals surface area contributed by atoms with Crippen molar-refractivity contribution in [3.8, 4) is 0 Å². The molecular weight excluding hydrogens is 196 g/mol. The molecule has 1 aliphatic heterocycles. The third-order valence-corrected chi connectivity index (χ3v) is 3.87. The molecule has 84 valence electrons. The molecule has 1 fully saturated rings. The predicted molar refractivity (Wildman–Crippen MR) is 66.0 cm³/mol. The fraction of sp³-hybridized carbons (Fsp3) is 0.500. The van der Waals surface area contributed by atoms with E-state index in [-0.39, 0.29) is 0 Å². The van der Waals surface area contributed by atoms with Gasteiger partial charge < -0.3 is 5.32 Å². The lowest BCUT2D eigenvalue weighted by Gasteiger charge is -2.23. The molecule has 2 heteroatoms. The van der Waals surface area contributed by atoms with E-state index in [0.29, 0.717) is 0 Å². The van der Waals surface area contributed by atoms with Gasteiger partial charge in [0.25, 0.3) is 0 Å². The lowest BCUT2D eigenvalue weighted by Crippen LogP contribution is -2.15. The number of fused-ring (bicyclic) bond motifs is 1. The molecule has 1 aromatic heterocycles. The van der Waals surface area contributed by atoms with Crippen molar-refractivity contribution in [2.45, 2.75) is 19.8 Å². The Bertz CT molecular complexity index is 405. The number of hydrogen-bond donors (Lipinski definition) is 1. The molecule has 1 aliphatic carbocycles. The summed E-state index contributed by atoms with van der Waals surface area (Å²) in [6.45, 7) is 4.41. The maximum absolute atomic E-state index is 4.38. The number of nitrogens with one attached hydrogen (secondary N) is 1. The van der Waals surface area contributed by atoms with E-state index >= 15 is 0 Å². The van der Waals surface area contributed by atoms with E-state index in [4.69, 9.17) is 0 Å². The van der Waals surface area contributed by atoms with Crippen LogP contribution in [0.3, 0.4) is 0 Å². The fourth-order valence-electron chi connectivity index (χ4n) is 2.85. The van der Waals surface area contributed by atoms with Gasteiger partial charge in [-0.2, -0.15) is 0 Å². The van der Waals surface area contributed by atoms with Gasteiger partial charge in [0.2, 0.25) is 0 Å². The summed E-state index contributed by atoms with van der Waals surface area (Å²) in [4.78, 5) is 4.38. The van der Waals surface area contributed by atoms with Gasteiger partial charge in [-0.15, -0.1) is 0 Å². The molecule has 1 N–H and O–H groups in total. The summed E-state index contributed by atoms with van der Waals surface area (Å²) in [7, 11) is 0. The lowest BCUT2D eigenvalue weighted by molar-refractivity contribution is 0.448. The van der Waals surface area contributed by atoms with E-state index in [2.05, 4.69) is 28.5 Å². The van der Waals surface area contributed by atoms with Crippen molar-refractivity contribution in [2.75, 3.05) is 13.1 Å². The van der Waals surface area contributed by atoms with Crippen LogP contribution >= 0.6 is 0 Å². The van der Waals surface area contributed by atoms with Gasteiger partial charge in [0.05, 0.1) is 0 Å². The third kappa shape index (κ3) is 1.78. The monoisotopic (exact) mass is 214 g/mol. The van der Waals surface area contributed by atoms with Crippen LogP contribution in [-0.2, 0) is 0 Å². The average Bonchev–Trinajstić information content (AvgIpc) is 2.77. The van der Waals surface area contributed by atoms with E-state index in [1.807, 2.05) is 13.1 Å². The Morgan fingerprint density at radius 2 is 2.25 bits per heavy atom. The predicted octanol–water partition coefficient (Wildman–Crippen LogP) is 2.40. The van der Waals surface area contributed by atoms with Crippen molar-refractivity contribution in [3.63, 3.8) is 0 Å². The molecule has 3 rings (SSSR count). The first kappa shape index (κ1) is 10.0. The van der Waals surface area contributed by atoms with Crippen LogP contribution in [0.4, 0.5) is 0 Å². The van der Waals surface area contributed by atoms with Gasteiger partial charge in [-0.3, -0.25) is 4.98 Å². The van der Waals surface area contributed by atoms with Crippen LogP contribution in [-0.4, -0.2) is 18.1 Å². The zero-order valence-corrected chi connectivity index (χ0v) is 9.74. The van der Waals surface area contributed by atoms with Crippen molar-refractivity contribution in [1.29, 1.82) is 0 Å². The molecule has 1 aromatic rings. The first-order chi connectivity index (χ1) is 7.83. The molecule has 2 atom stereocenters. The molecule has 0 unspecified atom stereocenters. The minimum absolute atomic E-state index is 0.755. The van der Waals surface area contributed by atoms with Crippen LogP contribution in [0.1, 0.15) is 24.1 Å². The first-order valence-electron chi connectivity index (χ1n) is 6.17. The van der Waals surface area contributed by atoms with Crippen LogP contribution < -0.4 is 5.32 Å². The number of rotatable bonds is 1. The molecule has 16 heavy (non-hydrogen) atoms. The molecule has 0 spiro atoms. The molecule has 2 nitrogen and oxygen atoms in total. The summed E-state index contributed by atoms with van der Waals surface area (Å²) in [6.07, 6.45) is 7.04. The number of pyridine rings is 1. The maximum Gasteiger partial charge on any atom is 0.0373 e. The normalized spacial score (nSPS) is 28.7. The van der Waals surface area contributed by atoms with Gasteiger partial charge in [-0.25, -0.2) is 0 Å². The second-order valence-corrected chi connectivity index (χ2v) is 5.00. The first-order valence-corrected chi connectivity index (χ1v) is 6.17. The smallest absolute Gasteiger partial charge is 0.0373 e. The summed E-state index contributed by atoms with van der Waals surface area (Å²) in [5, 5.41) is 3.49. The Balaban J connectivity index is 1.87. The SMILES string of the molecule is Cc1ccc(C2=C[C@@H]3CNC[C@@H]3CC2)cn1. The topological polar surface area (TPSA) is 24.9 Å². The number of aromatic nitrogens is 1. The minimum atomic E-state index is 0.755. The highest BCUT2D eigenvalue weighted by Gasteiger charge is 2.28. The van der Waals surface area contributed by atoms with Crippen LogP contribution in [0, 0.1) is 18.8 Å². The average molecular weight is 214 g/mol. The van der Waals surface area contributed by atoms with E-state index in [1.165, 1.54) is 30.5 Å². The van der Waals surface area contributed by atoms with E-state index < -0.39 is 0 Å². The Morgan fingerprint density at radius 3 is 3.06 bits per heavy atom. The summed E-state index contributed by atoms with van der Waals surface area (Å²) in [5.74, 6) is 1.63. The molecule has 2 aliphatic rings. The third-order valence-electron chi connectivity index (χ3n) is 3.87. The second kappa shape index (κ2) is 4.02. The standard InChI is InChI=1S/C14H18N2/c1-10-2-3-13(9-16-10)11-4-5-12-7-15-8-14(12)6-11/h2-3,6,9,12,14-15H,4-5,7-8H2,1H3/t12-,14+/m0/s1. The quantitative estimate of drug-likeness (QED) is 0.776. The van der Waals surface area contributed by atoms with Crippen LogP contribution in [0.5, 0.6) is 0 Å². The highest BCUT2D eigenvalue weighted by atomic mass is 14.9. The zero-order chi connectivity index (χ0) is 11.0. The molecular formula is C14H18N2. The van der Waals surface area contributed by atoms with Crippen molar-refractivity contribution < 1.29 is 0 Å². The number of allylic oxidation sites excluding steroid dienone is 1. The lowest BCUT2D eigenvalue weighted by atomic mass is 9.81. The highest BCUT2D eigenvalue weighted by Crippen LogP contribution is 2.35. The Labute approximate surface area is 96.8 Å². The molecule has 0 aromatic carbocycles. The van der Waals surface area contributed by atoms with Gasteiger partial charge in [0, 0.05) is 18.4 Å². The van der Waals surface area contributed by atoms with Gasteiger partial charge in [0.1, 0.15) is 0 Å². The van der Waals surface area contributed by atoms with Gasteiger partial charge >= 0.3 is 0 Å². The van der Waals surface area contributed by atoms with Crippen molar-refractivity contribution in [1.82, 2.24) is 10.3 Å². The van der Waals surface area contributed by atoms with Crippen LogP contribution in [0.2, 0.25) is 0 Å². The molecule has 0 saturated carbocycles.